The molecule has 2 heterocycles. The molecule has 0 fully saturated rings. The van der Waals surface area contributed by atoms with Crippen LogP contribution in [0.2, 0.25) is 0 Å². The Bertz CT molecular complexity index is 823. The van der Waals surface area contributed by atoms with E-state index in [9.17, 15) is 14.4 Å². The van der Waals surface area contributed by atoms with Gasteiger partial charge in [0.2, 0.25) is 5.91 Å². The monoisotopic (exact) mass is 333 g/mol. The van der Waals surface area contributed by atoms with Crippen LogP contribution in [0.4, 0.5) is 0 Å². The summed E-state index contributed by atoms with van der Waals surface area (Å²) in [4.78, 5) is 37.2. The van der Waals surface area contributed by atoms with Gasteiger partial charge in [-0.1, -0.05) is 27.7 Å². The number of nitrogens with one attached hydrogen (secondary N) is 2. The van der Waals surface area contributed by atoms with E-state index in [-0.39, 0.29) is 23.9 Å². The minimum Gasteiger partial charge on any atom is -0.464 e. The summed E-state index contributed by atoms with van der Waals surface area (Å²) in [6.07, 6.45) is 2.08. The summed E-state index contributed by atoms with van der Waals surface area (Å²) in [5, 5.41) is 2.92. The van der Waals surface area contributed by atoms with Crippen LogP contribution >= 0.6 is 0 Å². The van der Waals surface area contributed by atoms with Crippen molar-refractivity contribution in [1.29, 1.82) is 0 Å². The van der Waals surface area contributed by atoms with E-state index in [0.29, 0.717) is 5.76 Å². The quantitative estimate of drug-likeness (QED) is 0.868. The van der Waals surface area contributed by atoms with Gasteiger partial charge in [-0.2, -0.15) is 0 Å². The van der Waals surface area contributed by atoms with Crippen molar-refractivity contribution in [2.24, 2.45) is 5.41 Å². The van der Waals surface area contributed by atoms with Crippen molar-refractivity contribution < 1.29 is 9.21 Å². The highest BCUT2D eigenvalue weighted by molar-refractivity contribution is 5.76. The average molecular weight is 333 g/mol. The Hall–Kier alpha value is -2.57. The van der Waals surface area contributed by atoms with Gasteiger partial charge in [0.05, 0.1) is 6.04 Å². The van der Waals surface area contributed by atoms with Gasteiger partial charge in [-0.05, 0) is 17.5 Å². The van der Waals surface area contributed by atoms with E-state index in [2.05, 4.69) is 10.3 Å². The van der Waals surface area contributed by atoms with Crippen LogP contribution in [0.3, 0.4) is 0 Å². The SMILES string of the molecule is CCc1ccc(C(NC(=O)Cn2ccc(=O)[nH]c2=O)C(C)(C)C)o1. The summed E-state index contributed by atoms with van der Waals surface area (Å²) in [5.41, 5.74) is -1.38. The summed E-state index contributed by atoms with van der Waals surface area (Å²) in [6, 6.07) is 4.63. The molecule has 2 aromatic heterocycles. The van der Waals surface area contributed by atoms with Crippen LogP contribution in [0.1, 0.15) is 45.3 Å². The molecule has 0 radical (unpaired) electrons. The fourth-order valence-corrected chi connectivity index (χ4v) is 2.38. The lowest BCUT2D eigenvalue weighted by Gasteiger charge is -2.30. The number of furan rings is 1. The topological polar surface area (TPSA) is 97.1 Å². The van der Waals surface area contributed by atoms with E-state index in [1.165, 1.54) is 12.3 Å². The first kappa shape index (κ1) is 17.8. The number of rotatable bonds is 5. The Morgan fingerprint density at radius 3 is 2.54 bits per heavy atom. The maximum atomic E-state index is 12.4. The Kier molecular flexibility index (Phi) is 5.11. The van der Waals surface area contributed by atoms with Gasteiger partial charge >= 0.3 is 5.69 Å². The number of H-pyrrole nitrogens is 1. The molecular formula is C17H23N3O4. The molecule has 0 aliphatic carbocycles. The Morgan fingerprint density at radius 2 is 2.00 bits per heavy atom. The highest BCUT2D eigenvalue weighted by Crippen LogP contribution is 2.33. The van der Waals surface area contributed by atoms with Gasteiger partial charge in [-0.25, -0.2) is 4.79 Å². The third-order valence-corrected chi connectivity index (χ3v) is 3.70. The number of aromatic nitrogens is 2. The first-order valence-electron chi connectivity index (χ1n) is 7.88. The molecule has 0 aromatic carbocycles. The smallest absolute Gasteiger partial charge is 0.328 e. The molecule has 0 saturated carbocycles. The number of aromatic amines is 1. The number of aryl methyl sites for hydroxylation is 1. The molecule has 0 aliphatic rings. The zero-order valence-electron chi connectivity index (χ0n) is 14.4. The number of nitrogens with zero attached hydrogens (tertiary/aromatic N) is 1. The third kappa shape index (κ3) is 4.24. The maximum Gasteiger partial charge on any atom is 0.328 e. The van der Waals surface area contributed by atoms with Crippen LogP contribution in [-0.4, -0.2) is 15.5 Å². The lowest BCUT2D eigenvalue weighted by Crippen LogP contribution is -2.40. The second-order valence-electron chi connectivity index (χ2n) is 6.76. The van der Waals surface area contributed by atoms with Gasteiger partial charge in [0.25, 0.3) is 5.56 Å². The van der Waals surface area contributed by atoms with Gasteiger partial charge in [0, 0.05) is 18.7 Å². The second-order valence-corrected chi connectivity index (χ2v) is 6.76. The lowest BCUT2D eigenvalue weighted by atomic mass is 9.85. The zero-order valence-corrected chi connectivity index (χ0v) is 14.4. The molecule has 2 aromatic rings. The van der Waals surface area contributed by atoms with Gasteiger partial charge in [-0.3, -0.25) is 19.1 Å². The third-order valence-electron chi connectivity index (χ3n) is 3.70. The number of carbonyl (C=O) groups excluding carboxylic acids is 1. The van der Waals surface area contributed by atoms with Crippen molar-refractivity contribution in [3.63, 3.8) is 0 Å². The molecule has 1 amide bonds. The Labute approximate surface area is 139 Å². The number of amides is 1. The van der Waals surface area contributed by atoms with E-state index in [1.807, 2.05) is 39.8 Å². The lowest BCUT2D eigenvalue weighted by molar-refractivity contribution is -0.123. The van der Waals surface area contributed by atoms with Gasteiger partial charge < -0.3 is 9.73 Å². The van der Waals surface area contributed by atoms with Crippen molar-refractivity contribution in [3.05, 3.63) is 56.8 Å². The highest BCUT2D eigenvalue weighted by atomic mass is 16.3. The van der Waals surface area contributed by atoms with Gasteiger partial charge in [0.1, 0.15) is 18.1 Å². The Balaban J connectivity index is 2.18. The molecule has 0 saturated heterocycles. The molecule has 2 N–H and O–H groups in total. The molecular weight excluding hydrogens is 310 g/mol. The van der Waals surface area contributed by atoms with Crippen LogP contribution in [0, 0.1) is 5.41 Å². The van der Waals surface area contributed by atoms with E-state index in [1.54, 1.807) is 0 Å². The molecule has 1 atom stereocenters. The summed E-state index contributed by atoms with van der Waals surface area (Å²) in [6.45, 7) is 7.81. The molecule has 7 nitrogen and oxygen atoms in total. The summed E-state index contributed by atoms with van der Waals surface area (Å²) in [5.74, 6) is 1.20. The zero-order chi connectivity index (χ0) is 17.9. The fraction of sp³-hybridized carbons (Fsp3) is 0.471. The van der Waals surface area contributed by atoms with E-state index < -0.39 is 11.2 Å². The molecule has 0 bridgehead atoms. The first-order chi connectivity index (χ1) is 11.2. The molecule has 7 heteroatoms. The van der Waals surface area contributed by atoms with Crippen LogP contribution in [-0.2, 0) is 17.8 Å². The van der Waals surface area contributed by atoms with Crippen molar-refractivity contribution >= 4 is 5.91 Å². The maximum absolute atomic E-state index is 12.4. The molecule has 0 aliphatic heterocycles. The largest absolute Gasteiger partial charge is 0.464 e. The number of hydrogen-bond acceptors (Lipinski definition) is 4. The predicted molar refractivity (Wildman–Crippen MR) is 89.7 cm³/mol. The summed E-state index contributed by atoms with van der Waals surface area (Å²) in [7, 11) is 0. The fourth-order valence-electron chi connectivity index (χ4n) is 2.38. The van der Waals surface area contributed by atoms with Crippen molar-refractivity contribution in [2.45, 2.75) is 46.7 Å². The van der Waals surface area contributed by atoms with Crippen LogP contribution in [0.5, 0.6) is 0 Å². The molecule has 0 spiro atoms. The summed E-state index contributed by atoms with van der Waals surface area (Å²) < 4.78 is 6.93. The molecule has 130 valence electrons. The van der Waals surface area contributed by atoms with E-state index >= 15 is 0 Å². The van der Waals surface area contributed by atoms with Crippen LogP contribution in [0.25, 0.3) is 0 Å². The average Bonchev–Trinajstić information content (AvgIpc) is 2.95. The van der Waals surface area contributed by atoms with E-state index in [0.717, 1.165) is 16.7 Å². The minimum absolute atomic E-state index is 0.177. The number of carbonyl (C=O) groups is 1. The number of hydrogen-bond donors (Lipinski definition) is 2. The van der Waals surface area contributed by atoms with Crippen molar-refractivity contribution in [1.82, 2.24) is 14.9 Å². The second kappa shape index (κ2) is 6.90. The highest BCUT2D eigenvalue weighted by Gasteiger charge is 2.30. The van der Waals surface area contributed by atoms with Crippen molar-refractivity contribution in [3.8, 4) is 0 Å². The van der Waals surface area contributed by atoms with E-state index in [4.69, 9.17) is 4.42 Å². The normalized spacial score (nSPS) is 12.8. The van der Waals surface area contributed by atoms with Crippen LogP contribution < -0.4 is 16.6 Å². The first-order valence-corrected chi connectivity index (χ1v) is 7.88. The minimum atomic E-state index is -0.615. The summed E-state index contributed by atoms with van der Waals surface area (Å²) >= 11 is 0. The van der Waals surface area contributed by atoms with Gasteiger partial charge in [-0.15, -0.1) is 0 Å². The molecule has 2 rings (SSSR count). The Morgan fingerprint density at radius 1 is 1.29 bits per heavy atom. The van der Waals surface area contributed by atoms with Crippen molar-refractivity contribution in [2.75, 3.05) is 0 Å². The van der Waals surface area contributed by atoms with Crippen LogP contribution in [0.15, 0.2) is 38.4 Å². The predicted octanol–water partition coefficient (Wildman–Crippen LogP) is 1.60. The molecule has 1 unspecified atom stereocenters. The molecule has 24 heavy (non-hydrogen) atoms. The van der Waals surface area contributed by atoms with Gasteiger partial charge in [0.15, 0.2) is 0 Å². The standard InChI is InChI=1S/C17H23N3O4/c1-5-11-6-7-12(24-11)15(17(2,3)4)18-14(22)10-20-9-8-13(21)19-16(20)23/h6-9,15H,5,10H2,1-4H3,(H,18,22)(H,19,21,23).